The van der Waals surface area contributed by atoms with Gasteiger partial charge in [0.15, 0.2) is 23.1 Å². The zero-order chi connectivity index (χ0) is 19.7. The molecule has 0 radical (unpaired) electrons. The van der Waals surface area contributed by atoms with Crippen molar-refractivity contribution in [1.82, 2.24) is 5.10 Å². The maximum absolute atomic E-state index is 9.75. The Kier molecular flexibility index (Phi) is 8.30. The summed E-state index contributed by atoms with van der Waals surface area (Å²) in [6.07, 6.45) is 5.93. The van der Waals surface area contributed by atoms with Crippen LogP contribution in [-0.4, -0.2) is 26.6 Å². The fraction of sp³-hybridized carbons (Fsp3) is 0.250. The molecule has 0 spiro atoms. The Labute approximate surface area is 153 Å². The number of aryl methyl sites for hydroxylation is 1. The van der Waals surface area contributed by atoms with E-state index in [9.17, 15) is 17.3 Å². The number of allylic oxidation sites excluding steroid dienone is 1. The molecular weight excluding hydrogens is 371 g/mol. The van der Waals surface area contributed by atoms with Gasteiger partial charge >= 0.3 is 7.25 Å². The van der Waals surface area contributed by atoms with Crippen LogP contribution in [0.4, 0.5) is 17.3 Å². The molecule has 0 unspecified atom stereocenters. The number of hydrogen-bond donors (Lipinski definition) is 0. The highest BCUT2D eigenvalue weighted by Crippen LogP contribution is 2.28. The van der Waals surface area contributed by atoms with Crippen molar-refractivity contribution in [3.8, 4) is 11.5 Å². The number of hydrogen-bond acceptors (Lipinski definition) is 4. The minimum atomic E-state index is -6.00. The lowest BCUT2D eigenvalue weighted by molar-refractivity contribution is -0.741. The molecular formula is C16H19BF4N2O2S. The summed E-state index contributed by atoms with van der Waals surface area (Å²) in [5, 5.41) is 6.56. The molecule has 2 rings (SSSR count). The molecule has 10 heteroatoms. The van der Waals surface area contributed by atoms with Crippen LogP contribution in [-0.2, 0) is 6.54 Å². The molecule has 0 fully saturated rings. The number of nitrogens with zero attached hydrogens (tertiary/aromatic N) is 2. The molecule has 1 aromatic heterocycles. The van der Waals surface area contributed by atoms with Crippen LogP contribution in [0.2, 0.25) is 0 Å². The molecule has 1 aromatic carbocycles. The van der Waals surface area contributed by atoms with Crippen molar-refractivity contribution in [2.45, 2.75) is 13.5 Å². The van der Waals surface area contributed by atoms with Crippen molar-refractivity contribution < 1.29 is 31.4 Å². The lowest BCUT2D eigenvalue weighted by atomic mass is 10.2. The highest BCUT2D eigenvalue weighted by Gasteiger charge is 2.20. The first-order chi connectivity index (χ1) is 12.2. The third-order valence-electron chi connectivity index (χ3n) is 2.90. The number of halogens is 4. The number of methoxy groups -OCH3 is 2. The van der Waals surface area contributed by atoms with Gasteiger partial charge in [-0.05, 0) is 48.1 Å². The fourth-order valence-corrected chi connectivity index (χ4v) is 2.74. The Hall–Kier alpha value is -2.36. The van der Waals surface area contributed by atoms with Crippen LogP contribution in [0.1, 0.15) is 15.6 Å². The zero-order valence-corrected chi connectivity index (χ0v) is 15.4. The lowest BCUT2D eigenvalue weighted by Crippen LogP contribution is -2.37. The molecule has 0 saturated carbocycles. The molecule has 0 N–H and O–H groups in total. The quantitative estimate of drug-likeness (QED) is 0.317. The van der Waals surface area contributed by atoms with E-state index in [0.29, 0.717) is 6.54 Å². The maximum Gasteiger partial charge on any atom is 0.673 e. The number of aromatic nitrogens is 2. The molecule has 4 nitrogen and oxygen atoms in total. The predicted octanol–water partition coefficient (Wildman–Crippen LogP) is 4.41. The molecule has 26 heavy (non-hydrogen) atoms. The summed E-state index contributed by atoms with van der Waals surface area (Å²) in [5.74, 6) is 1.45. The number of ether oxygens (including phenoxy) is 2. The van der Waals surface area contributed by atoms with Crippen LogP contribution in [0.3, 0.4) is 0 Å². The van der Waals surface area contributed by atoms with Crippen molar-refractivity contribution in [3.63, 3.8) is 0 Å². The molecule has 0 amide bonds. The minimum Gasteiger partial charge on any atom is -0.493 e. The summed E-state index contributed by atoms with van der Waals surface area (Å²) in [7, 11) is -2.73. The van der Waals surface area contributed by atoms with E-state index in [1.54, 1.807) is 25.6 Å². The highest BCUT2D eigenvalue weighted by atomic mass is 32.1. The molecule has 0 bridgehead atoms. The average molecular weight is 390 g/mol. The van der Waals surface area contributed by atoms with Crippen LogP contribution < -0.4 is 14.2 Å². The second kappa shape index (κ2) is 9.96. The number of rotatable bonds is 6. The largest absolute Gasteiger partial charge is 0.673 e. The summed E-state index contributed by atoms with van der Waals surface area (Å²) < 4.78 is 51.5. The fourth-order valence-electron chi connectivity index (χ4n) is 1.94. The second-order valence-electron chi connectivity index (χ2n) is 4.87. The molecule has 0 saturated heterocycles. The van der Waals surface area contributed by atoms with E-state index in [-0.39, 0.29) is 0 Å². The molecule has 0 atom stereocenters. The van der Waals surface area contributed by atoms with Crippen LogP contribution in [0.5, 0.6) is 11.5 Å². The Morgan fingerprint density at radius 3 is 2.31 bits per heavy atom. The minimum absolute atomic E-state index is 0.704. The molecule has 0 aliphatic heterocycles. The van der Waals surface area contributed by atoms with Gasteiger partial charge in [0.1, 0.15) is 0 Å². The van der Waals surface area contributed by atoms with E-state index < -0.39 is 7.25 Å². The Morgan fingerprint density at radius 1 is 1.15 bits per heavy atom. The average Bonchev–Trinajstić information content (AvgIpc) is 2.91. The topological polar surface area (TPSA) is 35.2 Å². The van der Waals surface area contributed by atoms with E-state index in [2.05, 4.69) is 17.8 Å². The summed E-state index contributed by atoms with van der Waals surface area (Å²) >= 11 is 1.65. The van der Waals surface area contributed by atoms with Crippen LogP contribution in [0.15, 0.2) is 30.9 Å². The van der Waals surface area contributed by atoms with Crippen LogP contribution in [0, 0.1) is 6.92 Å². The highest BCUT2D eigenvalue weighted by molar-refractivity contribution is 7.11. The van der Waals surface area contributed by atoms with Gasteiger partial charge in [0.05, 0.1) is 14.2 Å². The molecule has 142 valence electrons. The summed E-state index contributed by atoms with van der Waals surface area (Å²) in [6, 6.07) is 5.83. The monoisotopic (exact) mass is 390 g/mol. The van der Waals surface area contributed by atoms with Gasteiger partial charge in [0, 0.05) is 11.2 Å². The Balaban J connectivity index is 0.000000597. The first-order valence-corrected chi connectivity index (χ1v) is 8.25. The van der Waals surface area contributed by atoms with Gasteiger partial charge in [-0.1, -0.05) is 17.3 Å². The Bertz CT molecular complexity index is 757. The SMILES string of the molecule is C=CC[n+]1nc(C)sc1C=Cc1ccc(OC)c(OC)c1.F[B-](F)(F)F. The predicted molar refractivity (Wildman–Crippen MR) is 95.9 cm³/mol. The van der Waals surface area contributed by atoms with E-state index >= 15 is 0 Å². The summed E-state index contributed by atoms with van der Waals surface area (Å²) in [4.78, 5) is 0. The van der Waals surface area contributed by atoms with Crippen LogP contribution in [0.25, 0.3) is 12.2 Å². The Morgan fingerprint density at radius 2 is 1.77 bits per heavy atom. The zero-order valence-electron chi connectivity index (χ0n) is 14.6. The van der Waals surface area contributed by atoms with Crippen molar-refractivity contribution in [3.05, 3.63) is 46.4 Å². The third-order valence-corrected chi connectivity index (χ3v) is 3.83. The molecule has 0 aliphatic rings. The van der Waals surface area contributed by atoms with Gasteiger partial charge in [-0.2, -0.15) is 0 Å². The second-order valence-corrected chi connectivity index (χ2v) is 6.09. The van der Waals surface area contributed by atoms with Gasteiger partial charge in [-0.15, -0.1) is 0 Å². The van der Waals surface area contributed by atoms with E-state index in [4.69, 9.17) is 9.47 Å². The smallest absolute Gasteiger partial charge is 0.493 e. The first-order valence-electron chi connectivity index (χ1n) is 7.43. The van der Waals surface area contributed by atoms with Crippen molar-refractivity contribution in [2.75, 3.05) is 14.2 Å². The van der Waals surface area contributed by atoms with Gasteiger partial charge in [-0.3, -0.25) is 0 Å². The molecule has 0 aliphatic carbocycles. The van der Waals surface area contributed by atoms with E-state index in [1.807, 2.05) is 42.0 Å². The van der Waals surface area contributed by atoms with Crippen molar-refractivity contribution in [2.24, 2.45) is 0 Å². The van der Waals surface area contributed by atoms with E-state index in [1.165, 1.54) is 0 Å². The molecule has 1 heterocycles. The van der Waals surface area contributed by atoms with Crippen LogP contribution >= 0.6 is 11.3 Å². The van der Waals surface area contributed by atoms with E-state index in [0.717, 1.165) is 27.1 Å². The van der Waals surface area contributed by atoms with Crippen molar-refractivity contribution >= 4 is 30.7 Å². The first kappa shape index (κ1) is 21.7. The van der Waals surface area contributed by atoms with Gasteiger partial charge < -0.3 is 26.7 Å². The number of benzene rings is 1. The van der Waals surface area contributed by atoms with Gasteiger partial charge in [-0.25, -0.2) is 0 Å². The standard InChI is InChI=1S/C16H19N2O2S.BF4/c1-5-10-18-16(21-12(2)17-18)9-7-13-6-8-14(19-3)15(11-13)20-4;2-1(3,4)5/h5-9,11H,1,10H2,2-4H3;/q+1;-1. The van der Waals surface area contributed by atoms with Crippen molar-refractivity contribution in [1.29, 1.82) is 0 Å². The third kappa shape index (κ3) is 7.69. The summed E-state index contributed by atoms with van der Waals surface area (Å²) in [5.41, 5.74) is 1.05. The molecule has 2 aromatic rings. The maximum atomic E-state index is 9.75. The van der Waals surface area contributed by atoms with Gasteiger partial charge in [0.2, 0.25) is 0 Å². The van der Waals surface area contributed by atoms with Gasteiger partial charge in [0.25, 0.3) is 5.01 Å². The normalized spacial score (nSPS) is 11.0. The summed E-state index contributed by atoms with van der Waals surface area (Å²) in [6.45, 7) is 6.46. The lowest BCUT2D eigenvalue weighted by Gasteiger charge is -2.07.